The Morgan fingerprint density at radius 1 is 1.25 bits per heavy atom. The number of Topliss-reactive ketones (excluding diaryl/α,β-unsaturated/α-hetero) is 1. The third-order valence-electron chi connectivity index (χ3n) is 2.95. The highest BCUT2D eigenvalue weighted by Crippen LogP contribution is 2.24. The number of benzene rings is 2. The van der Waals surface area contributed by atoms with Crippen molar-refractivity contribution < 1.29 is 9.53 Å². The minimum Gasteiger partial charge on any atom is -0.497 e. The van der Waals surface area contributed by atoms with Crippen molar-refractivity contribution in [3.63, 3.8) is 0 Å². The number of carbonyl (C=O) groups excluding carboxylic acids is 1. The van der Waals surface area contributed by atoms with Gasteiger partial charge in [-0.2, -0.15) is 5.26 Å². The molecule has 0 spiro atoms. The Morgan fingerprint density at radius 2 is 1.95 bits per heavy atom. The Labute approximate surface area is 122 Å². The van der Waals surface area contributed by atoms with Crippen molar-refractivity contribution in [2.24, 2.45) is 0 Å². The zero-order valence-electron chi connectivity index (χ0n) is 10.8. The van der Waals surface area contributed by atoms with E-state index >= 15 is 0 Å². The highest BCUT2D eigenvalue weighted by atomic mass is 35.5. The van der Waals surface area contributed by atoms with Gasteiger partial charge in [0, 0.05) is 10.6 Å². The van der Waals surface area contributed by atoms with Crippen LogP contribution < -0.4 is 4.74 Å². The molecule has 4 heteroatoms. The Balaban J connectivity index is 2.34. The molecule has 0 fully saturated rings. The third-order valence-corrected chi connectivity index (χ3v) is 3.20. The number of nitriles is 1. The predicted octanol–water partition coefficient (Wildman–Crippen LogP) is 3.84. The topological polar surface area (TPSA) is 50.1 Å². The number of methoxy groups -OCH3 is 1. The first-order valence-corrected chi connectivity index (χ1v) is 6.37. The molecule has 0 aliphatic carbocycles. The number of ketones is 1. The van der Waals surface area contributed by atoms with E-state index < -0.39 is 5.92 Å². The lowest BCUT2D eigenvalue weighted by atomic mass is 9.92. The van der Waals surface area contributed by atoms with Gasteiger partial charge < -0.3 is 4.74 Å². The summed E-state index contributed by atoms with van der Waals surface area (Å²) in [5.41, 5.74) is 1.08. The molecule has 0 saturated carbocycles. The molecule has 20 heavy (non-hydrogen) atoms. The second-order valence-electron chi connectivity index (χ2n) is 4.21. The van der Waals surface area contributed by atoms with Crippen molar-refractivity contribution in [2.75, 3.05) is 7.11 Å². The molecule has 0 radical (unpaired) electrons. The number of carbonyl (C=O) groups is 1. The van der Waals surface area contributed by atoms with E-state index in [1.54, 1.807) is 48.5 Å². The largest absolute Gasteiger partial charge is 0.497 e. The van der Waals surface area contributed by atoms with Crippen molar-refractivity contribution in [3.05, 3.63) is 64.7 Å². The summed E-state index contributed by atoms with van der Waals surface area (Å²) in [5, 5.41) is 9.84. The molecule has 0 aliphatic rings. The summed E-state index contributed by atoms with van der Waals surface area (Å²) in [6.07, 6.45) is 0. The Morgan fingerprint density at radius 3 is 2.55 bits per heavy atom. The second-order valence-corrected chi connectivity index (χ2v) is 4.65. The van der Waals surface area contributed by atoms with Gasteiger partial charge in [-0.25, -0.2) is 0 Å². The molecular formula is C16H12ClNO2. The molecule has 0 aliphatic heterocycles. The van der Waals surface area contributed by atoms with Crippen molar-refractivity contribution >= 4 is 17.4 Å². The first-order valence-electron chi connectivity index (χ1n) is 5.99. The maximum Gasteiger partial charge on any atom is 0.184 e. The lowest BCUT2D eigenvalue weighted by Crippen LogP contribution is -2.11. The second kappa shape index (κ2) is 6.23. The fourth-order valence-corrected chi connectivity index (χ4v) is 2.01. The van der Waals surface area contributed by atoms with E-state index in [0.717, 1.165) is 0 Å². The summed E-state index contributed by atoms with van der Waals surface area (Å²) < 4.78 is 5.09. The highest BCUT2D eigenvalue weighted by molar-refractivity contribution is 6.30. The zero-order valence-corrected chi connectivity index (χ0v) is 11.6. The van der Waals surface area contributed by atoms with Crippen LogP contribution in [0.1, 0.15) is 21.8 Å². The number of halogens is 1. The van der Waals surface area contributed by atoms with Gasteiger partial charge in [-0.1, -0.05) is 35.9 Å². The molecule has 100 valence electrons. The number of rotatable bonds is 4. The van der Waals surface area contributed by atoms with Gasteiger partial charge in [-0.3, -0.25) is 4.79 Å². The van der Waals surface area contributed by atoms with Crippen LogP contribution in [0.2, 0.25) is 5.02 Å². The van der Waals surface area contributed by atoms with Crippen LogP contribution in [0.3, 0.4) is 0 Å². The van der Waals surface area contributed by atoms with Gasteiger partial charge >= 0.3 is 0 Å². The molecule has 0 saturated heterocycles. The highest BCUT2D eigenvalue weighted by Gasteiger charge is 2.22. The van der Waals surface area contributed by atoms with E-state index in [9.17, 15) is 10.1 Å². The van der Waals surface area contributed by atoms with Gasteiger partial charge in [0.25, 0.3) is 0 Å². The molecule has 0 N–H and O–H groups in total. The van der Waals surface area contributed by atoms with Crippen LogP contribution in [0, 0.1) is 11.3 Å². The summed E-state index contributed by atoms with van der Waals surface area (Å²) in [6, 6.07) is 15.5. The number of ether oxygens (including phenoxy) is 1. The first kappa shape index (κ1) is 14.1. The summed E-state index contributed by atoms with van der Waals surface area (Å²) in [6.45, 7) is 0. The fraction of sp³-hybridized carbons (Fsp3) is 0.125. The van der Waals surface area contributed by atoms with Crippen LogP contribution in [-0.2, 0) is 0 Å². The average molecular weight is 286 g/mol. The van der Waals surface area contributed by atoms with E-state index in [4.69, 9.17) is 16.3 Å². The third kappa shape index (κ3) is 2.98. The summed E-state index contributed by atoms with van der Waals surface area (Å²) >= 11 is 5.81. The SMILES string of the molecule is COc1cccc(C(=O)C(C#N)c2ccc(Cl)cc2)c1. The number of hydrogen-bond donors (Lipinski definition) is 0. The minimum absolute atomic E-state index is 0.256. The maximum absolute atomic E-state index is 12.4. The van der Waals surface area contributed by atoms with E-state index in [0.29, 0.717) is 21.9 Å². The van der Waals surface area contributed by atoms with Gasteiger partial charge in [0.2, 0.25) is 0 Å². The summed E-state index contributed by atoms with van der Waals surface area (Å²) in [4.78, 5) is 12.4. The van der Waals surface area contributed by atoms with Crippen LogP contribution in [0.25, 0.3) is 0 Å². The van der Waals surface area contributed by atoms with Crippen LogP contribution in [-0.4, -0.2) is 12.9 Å². The minimum atomic E-state index is -0.848. The smallest absolute Gasteiger partial charge is 0.184 e. The van der Waals surface area contributed by atoms with Crippen LogP contribution >= 0.6 is 11.6 Å². The summed E-state index contributed by atoms with van der Waals surface area (Å²) in [5.74, 6) is -0.517. The fourth-order valence-electron chi connectivity index (χ4n) is 1.88. The summed E-state index contributed by atoms with van der Waals surface area (Å²) in [7, 11) is 1.53. The molecule has 0 heterocycles. The molecule has 0 bridgehead atoms. The van der Waals surface area contributed by atoms with Gasteiger partial charge in [0.15, 0.2) is 5.78 Å². The molecule has 2 aromatic rings. The van der Waals surface area contributed by atoms with Gasteiger partial charge in [-0.15, -0.1) is 0 Å². The van der Waals surface area contributed by atoms with Gasteiger partial charge in [0.1, 0.15) is 11.7 Å². The van der Waals surface area contributed by atoms with Crippen LogP contribution in [0.4, 0.5) is 0 Å². The van der Waals surface area contributed by atoms with E-state index in [2.05, 4.69) is 0 Å². The van der Waals surface area contributed by atoms with E-state index in [1.165, 1.54) is 7.11 Å². The Hall–Kier alpha value is -2.31. The van der Waals surface area contributed by atoms with Crippen molar-refractivity contribution in [3.8, 4) is 11.8 Å². The maximum atomic E-state index is 12.4. The molecule has 2 aromatic carbocycles. The molecule has 2 rings (SSSR count). The van der Waals surface area contributed by atoms with Crippen molar-refractivity contribution in [1.82, 2.24) is 0 Å². The van der Waals surface area contributed by atoms with E-state index in [-0.39, 0.29) is 5.78 Å². The standard InChI is InChI=1S/C16H12ClNO2/c1-20-14-4-2-3-12(9-14)16(19)15(10-18)11-5-7-13(17)8-6-11/h2-9,15H,1H3. The van der Waals surface area contributed by atoms with Crippen molar-refractivity contribution in [1.29, 1.82) is 5.26 Å². The molecule has 3 nitrogen and oxygen atoms in total. The lowest BCUT2D eigenvalue weighted by molar-refractivity contribution is 0.0978. The van der Waals surface area contributed by atoms with Crippen molar-refractivity contribution in [2.45, 2.75) is 5.92 Å². The van der Waals surface area contributed by atoms with E-state index in [1.807, 2.05) is 6.07 Å². The van der Waals surface area contributed by atoms with Gasteiger partial charge in [-0.05, 0) is 29.8 Å². The molecule has 0 amide bonds. The Bertz CT molecular complexity index is 659. The Kier molecular flexibility index (Phi) is 4.39. The van der Waals surface area contributed by atoms with Crippen LogP contribution in [0.5, 0.6) is 5.75 Å². The first-order chi connectivity index (χ1) is 9.65. The van der Waals surface area contributed by atoms with Gasteiger partial charge in [0.05, 0.1) is 13.2 Å². The number of nitrogens with zero attached hydrogens (tertiary/aromatic N) is 1. The monoisotopic (exact) mass is 285 g/mol. The average Bonchev–Trinajstić information content (AvgIpc) is 2.50. The molecule has 0 aromatic heterocycles. The lowest BCUT2D eigenvalue weighted by Gasteiger charge is -2.09. The molecule has 1 atom stereocenters. The molecular weight excluding hydrogens is 274 g/mol. The normalized spacial score (nSPS) is 11.4. The number of hydrogen-bond acceptors (Lipinski definition) is 3. The zero-order chi connectivity index (χ0) is 14.5. The predicted molar refractivity (Wildman–Crippen MR) is 77.1 cm³/mol. The molecule has 1 unspecified atom stereocenters. The quantitative estimate of drug-likeness (QED) is 0.802. The van der Waals surface area contributed by atoms with Crippen LogP contribution in [0.15, 0.2) is 48.5 Å².